The molecule has 1 aliphatic heterocycles. The molecule has 0 radical (unpaired) electrons. The van der Waals surface area contributed by atoms with Gasteiger partial charge in [-0.15, -0.1) is 5.10 Å². The number of rotatable bonds is 1. The van der Waals surface area contributed by atoms with Crippen molar-refractivity contribution in [3.05, 3.63) is 66.0 Å². The van der Waals surface area contributed by atoms with Crippen LogP contribution in [0, 0.1) is 0 Å². The zero-order valence-electron chi connectivity index (χ0n) is 13.0. The average molecular weight is 331 g/mol. The van der Waals surface area contributed by atoms with Gasteiger partial charge in [-0.3, -0.25) is 0 Å². The average Bonchev–Trinajstić information content (AvgIpc) is 2.98. The molecule has 0 saturated carbocycles. The lowest BCUT2D eigenvalue weighted by molar-refractivity contribution is 0.250. The van der Waals surface area contributed by atoms with E-state index in [2.05, 4.69) is 15.2 Å². The summed E-state index contributed by atoms with van der Waals surface area (Å²) in [5.74, 6) is 0.898. The monoisotopic (exact) mass is 331 g/mol. The van der Waals surface area contributed by atoms with Gasteiger partial charge in [0.05, 0.1) is 11.8 Å². The van der Waals surface area contributed by atoms with E-state index in [-0.39, 0.29) is 11.5 Å². The Morgan fingerprint density at radius 1 is 1.04 bits per heavy atom. The van der Waals surface area contributed by atoms with Crippen LogP contribution >= 0.6 is 0 Å². The molecule has 0 spiro atoms. The third kappa shape index (κ3) is 1.97. The van der Waals surface area contributed by atoms with Gasteiger partial charge < -0.3 is 19.9 Å². The first kappa shape index (κ1) is 13.9. The highest BCUT2D eigenvalue weighted by Crippen LogP contribution is 2.47. The molecule has 1 atom stereocenters. The molecule has 4 aromatic rings. The molecule has 122 valence electrons. The van der Waals surface area contributed by atoms with Crippen molar-refractivity contribution in [3.8, 4) is 28.4 Å². The zero-order valence-corrected chi connectivity index (χ0v) is 13.0. The van der Waals surface area contributed by atoms with Crippen LogP contribution in [-0.4, -0.2) is 25.4 Å². The third-order valence-corrected chi connectivity index (χ3v) is 4.50. The summed E-state index contributed by atoms with van der Waals surface area (Å²) in [5, 5.41) is 29.1. The standard InChI is InChI=1S/C19H13N3O3/c23-11-6-4-10(5-7-11)18-13-8-20-19-16(13)12(9-21-22-19)17-14(24)2-1-3-15(17)25-18/h1-9,18,23-24H,(H,20,22). The fourth-order valence-electron chi connectivity index (χ4n) is 3.37. The van der Waals surface area contributed by atoms with Gasteiger partial charge in [0, 0.05) is 22.7 Å². The highest BCUT2D eigenvalue weighted by Gasteiger charge is 2.29. The number of aromatic hydroxyl groups is 2. The van der Waals surface area contributed by atoms with E-state index in [4.69, 9.17) is 4.74 Å². The zero-order chi connectivity index (χ0) is 17.0. The largest absolute Gasteiger partial charge is 0.508 e. The van der Waals surface area contributed by atoms with Crippen LogP contribution in [0.15, 0.2) is 54.9 Å². The maximum Gasteiger partial charge on any atom is 0.161 e. The van der Waals surface area contributed by atoms with Crippen LogP contribution < -0.4 is 4.74 Å². The minimum Gasteiger partial charge on any atom is -0.508 e. The van der Waals surface area contributed by atoms with Gasteiger partial charge in [-0.05, 0) is 29.8 Å². The fourth-order valence-corrected chi connectivity index (χ4v) is 3.37. The van der Waals surface area contributed by atoms with Crippen molar-refractivity contribution in [2.75, 3.05) is 0 Å². The number of aromatic amines is 1. The van der Waals surface area contributed by atoms with E-state index >= 15 is 0 Å². The molecule has 0 fully saturated rings. The Morgan fingerprint density at radius 3 is 2.72 bits per heavy atom. The first-order valence-corrected chi connectivity index (χ1v) is 7.83. The highest BCUT2D eigenvalue weighted by atomic mass is 16.5. The second-order valence-electron chi connectivity index (χ2n) is 5.97. The summed E-state index contributed by atoms with van der Waals surface area (Å²) in [6.45, 7) is 0. The lowest BCUT2D eigenvalue weighted by atomic mass is 9.98. The van der Waals surface area contributed by atoms with Crippen LogP contribution in [0.5, 0.6) is 17.2 Å². The molecule has 3 N–H and O–H groups in total. The number of nitrogens with zero attached hydrogens (tertiary/aromatic N) is 2. The summed E-state index contributed by atoms with van der Waals surface area (Å²) in [5.41, 5.74) is 3.80. The maximum atomic E-state index is 10.4. The Bertz CT molecular complexity index is 1100. The minimum atomic E-state index is -0.402. The fraction of sp³-hybridized carbons (Fsp3) is 0.0526. The van der Waals surface area contributed by atoms with E-state index in [0.717, 1.165) is 22.1 Å². The van der Waals surface area contributed by atoms with Gasteiger partial charge in [-0.25, -0.2) is 0 Å². The van der Waals surface area contributed by atoms with Gasteiger partial charge >= 0.3 is 0 Å². The van der Waals surface area contributed by atoms with Gasteiger partial charge in [0.2, 0.25) is 0 Å². The van der Waals surface area contributed by atoms with Crippen molar-refractivity contribution in [2.24, 2.45) is 0 Å². The van der Waals surface area contributed by atoms with E-state index in [1.807, 2.05) is 24.4 Å². The first-order chi connectivity index (χ1) is 12.2. The molecule has 5 rings (SSSR count). The molecule has 1 aliphatic rings. The summed E-state index contributed by atoms with van der Waals surface area (Å²) in [6.07, 6.45) is 3.09. The van der Waals surface area contributed by atoms with E-state index in [0.29, 0.717) is 17.0 Å². The molecule has 0 saturated heterocycles. The lowest BCUT2D eigenvalue weighted by Crippen LogP contribution is -2.08. The van der Waals surface area contributed by atoms with Gasteiger partial charge in [-0.1, -0.05) is 18.2 Å². The van der Waals surface area contributed by atoms with Crippen molar-refractivity contribution in [1.82, 2.24) is 15.2 Å². The number of nitrogens with one attached hydrogen (secondary N) is 1. The molecular weight excluding hydrogens is 318 g/mol. The second kappa shape index (κ2) is 4.98. The smallest absolute Gasteiger partial charge is 0.161 e. The number of phenolic OH excluding ortho intramolecular Hbond substituents is 2. The Hall–Kier alpha value is -3.54. The summed E-state index contributed by atoms with van der Waals surface area (Å²) in [7, 11) is 0. The SMILES string of the molecule is Oc1ccc(C2Oc3cccc(O)c3-c3cnnc4[nH]cc2c34)cc1. The molecule has 2 aromatic carbocycles. The molecule has 1 unspecified atom stereocenters. The van der Waals surface area contributed by atoms with E-state index in [9.17, 15) is 10.2 Å². The van der Waals surface area contributed by atoms with Crippen molar-refractivity contribution >= 4 is 11.0 Å². The number of phenols is 2. The molecule has 6 nitrogen and oxygen atoms in total. The number of benzene rings is 2. The van der Waals surface area contributed by atoms with Crippen molar-refractivity contribution in [3.63, 3.8) is 0 Å². The predicted octanol–water partition coefficient (Wildman–Crippen LogP) is 3.52. The number of hydrogen-bond acceptors (Lipinski definition) is 5. The highest BCUT2D eigenvalue weighted by molar-refractivity contribution is 5.99. The summed E-state index contributed by atoms with van der Waals surface area (Å²) in [6, 6.07) is 12.1. The number of hydrogen-bond donors (Lipinski definition) is 3. The quantitative estimate of drug-likeness (QED) is 0.496. The van der Waals surface area contributed by atoms with Crippen LogP contribution in [0.25, 0.3) is 22.2 Å². The lowest BCUT2D eigenvalue weighted by Gasteiger charge is -2.19. The molecular formula is C19H13N3O3. The topological polar surface area (TPSA) is 91.3 Å². The van der Waals surface area contributed by atoms with E-state index in [1.165, 1.54) is 0 Å². The van der Waals surface area contributed by atoms with Crippen LogP contribution in [0.4, 0.5) is 0 Å². The van der Waals surface area contributed by atoms with Crippen LogP contribution in [0.2, 0.25) is 0 Å². The number of H-pyrrole nitrogens is 1. The number of aromatic nitrogens is 3. The van der Waals surface area contributed by atoms with Crippen LogP contribution in [0.1, 0.15) is 17.2 Å². The molecule has 2 aromatic heterocycles. The summed E-state index contributed by atoms with van der Waals surface area (Å²) >= 11 is 0. The molecule has 0 bridgehead atoms. The molecule has 25 heavy (non-hydrogen) atoms. The first-order valence-electron chi connectivity index (χ1n) is 7.83. The molecule has 6 heteroatoms. The maximum absolute atomic E-state index is 10.4. The third-order valence-electron chi connectivity index (χ3n) is 4.50. The minimum absolute atomic E-state index is 0.130. The van der Waals surface area contributed by atoms with E-state index in [1.54, 1.807) is 30.5 Å². The van der Waals surface area contributed by atoms with Gasteiger partial charge in [0.15, 0.2) is 11.8 Å². The number of fused-ring (bicyclic) bond motifs is 2. The van der Waals surface area contributed by atoms with Crippen LogP contribution in [-0.2, 0) is 0 Å². The normalized spacial score (nSPS) is 15.4. The Morgan fingerprint density at radius 2 is 1.88 bits per heavy atom. The number of ether oxygens (including phenoxy) is 1. The summed E-state index contributed by atoms with van der Waals surface area (Å²) < 4.78 is 6.28. The van der Waals surface area contributed by atoms with Crippen LogP contribution in [0.3, 0.4) is 0 Å². The Kier molecular flexibility index (Phi) is 2.76. The Balaban J connectivity index is 1.85. The molecule has 3 heterocycles. The van der Waals surface area contributed by atoms with E-state index < -0.39 is 6.10 Å². The Labute approximate surface area is 142 Å². The van der Waals surface area contributed by atoms with Crippen molar-refractivity contribution in [2.45, 2.75) is 6.10 Å². The van der Waals surface area contributed by atoms with Gasteiger partial charge in [0.25, 0.3) is 0 Å². The van der Waals surface area contributed by atoms with Crippen molar-refractivity contribution < 1.29 is 14.9 Å². The molecule has 0 amide bonds. The van der Waals surface area contributed by atoms with Gasteiger partial charge in [-0.2, -0.15) is 5.10 Å². The summed E-state index contributed by atoms with van der Waals surface area (Å²) in [4.78, 5) is 3.12. The second-order valence-corrected chi connectivity index (χ2v) is 5.97. The molecule has 0 aliphatic carbocycles. The van der Waals surface area contributed by atoms with Crippen molar-refractivity contribution in [1.29, 1.82) is 0 Å². The predicted molar refractivity (Wildman–Crippen MR) is 91.6 cm³/mol. The van der Waals surface area contributed by atoms with Gasteiger partial charge in [0.1, 0.15) is 17.2 Å².